The molecule has 8 nitrogen and oxygen atoms in total. The molecular weight excluding hydrogens is 416 g/mol. The highest BCUT2D eigenvalue weighted by atomic mass is 32.2. The number of rotatable bonds is 7. The van der Waals surface area contributed by atoms with Gasteiger partial charge in [0.15, 0.2) is 11.0 Å². The van der Waals surface area contributed by atoms with Crippen LogP contribution in [-0.4, -0.2) is 45.5 Å². The summed E-state index contributed by atoms with van der Waals surface area (Å²) in [4.78, 5) is 14.9. The number of carbonyl (C=O) groups is 1. The molecule has 1 saturated heterocycles. The third kappa shape index (κ3) is 3.98. The molecule has 1 aliphatic rings. The van der Waals surface area contributed by atoms with E-state index in [1.165, 1.54) is 18.9 Å². The Balaban J connectivity index is 1.44. The number of benzene rings is 1. The van der Waals surface area contributed by atoms with Crippen LogP contribution in [-0.2, 0) is 21.8 Å². The Morgan fingerprint density at radius 1 is 1.29 bits per heavy atom. The number of hydrogen-bond donors (Lipinski definition) is 1. The van der Waals surface area contributed by atoms with Gasteiger partial charge in [0.1, 0.15) is 5.76 Å². The molecule has 0 amide bonds. The number of carbonyl (C=O) groups excluding carboxylic acids is 1. The van der Waals surface area contributed by atoms with Crippen molar-refractivity contribution in [3.63, 3.8) is 0 Å². The normalized spacial score (nSPS) is 16.2. The fourth-order valence-corrected chi connectivity index (χ4v) is 4.65. The summed E-state index contributed by atoms with van der Waals surface area (Å²) in [6.07, 6.45) is 4.22. The number of methoxy groups -OCH3 is 1. The molecule has 1 atom stereocenters. The zero-order valence-electron chi connectivity index (χ0n) is 17.0. The second-order valence-corrected chi connectivity index (χ2v) is 8.29. The molecule has 1 unspecified atom stereocenters. The van der Waals surface area contributed by atoms with Crippen LogP contribution in [0.4, 0.5) is 0 Å². The lowest BCUT2D eigenvalue weighted by Crippen LogP contribution is -2.16. The molecule has 1 aromatic carbocycles. The van der Waals surface area contributed by atoms with E-state index in [0.717, 1.165) is 46.9 Å². The zero-order valence-corrected chi connectivity index (χ0v) is 17.9. The van der Waals surface area contributed by atoms with Gasteiger partial charge in [-0.15, -0.1) is 10.2 Å². The van der Waals surface area contributed by atoms with E-state index < -0.39 is 5.97 Å². The molecule has 31 heavy (non-hydrogen) atoms. The number of fused-ring (bicyclic) bond motifs is 1. The van der Waals surface area contributed by atoms with Crippen LogP contribution in [0.15, 0.2) is 52.2 Å². The Labute approximate surface area is 182 Å². The minimum absolute atomic E-state index is 0.147. The summed E-state index contributed by atoms with van der Waals surface area (Å²) >= 11 is 1.52. The third-order valence-corrected chi connectivity index (χ3v) is 6.34. The number of nitrogens with one attached hydrogen (secondary N) is 1. The van der Waals surface area contributed by atoms with Crippen molar-refractivity contribution in [2.24, 2.45) is 0 Å². The fraction of sp³-hybridized carbons (Fsp3) is 0.318. The van der Waals surface area contributed by atoms with Crippen LogP contribution in [0, 0.1) is 0 Å². The standard InChI is InChI=1S/C22H22N4O4S/c1-28-21(27)19-9-8-15(30-19)13-31-22-25-24-20(26(22)12-14-5-4-10-29-14)17-11-23-18-7-3-2-6-16(17)18/h2-3,6-9,11,14,23H,4-5,10,12-13H2,1H3. The highest BCUT2D eigenvalue weighted by Gasteiger charge is 2.23. The number of para-hydroxylation sites is 1. The van der Waals surface area contributed by atoms with E-state index in [9.17, 15) is 4.79 Å². The Hall–Kier alpha value is -3.04. The van der Waals surface area contributed by atoms with Crippen molar-refractivity contribution in [2.45, 2.75) is 36.4 Å². The lowest BCUT2D eigenvalue weighted by atomic mass is 10.1. The molecule has 0 spiro atoms. The average molecular weight is 439 g/mol. The monoisotopic (exact) mass is 438 g/mol. The van der Waals surface area contributed by atoms with Gasteiger partial charge in [0.05, 0.1) is 25.5 Å². The van der Waals surface area contributed by atoms with Gasteiger partial charge in [-0.3, -0.25) is 4.57 Å². The zero-order chi connectivity index (χ0) is 21.2. The van der Waals surface area contributed by atoms with E-state index in [0.29, 0.717) is 18.1 Å². The number of furan rings is 1. The SMILES string of the molecule is COC(=O)c1ccc(CSc2nnc(-c3c[nH]c4ccccc34)n2CC2CCCO2)o1. The van der Waals surface area contributed by atoms with Crippen LogP contribution >= 0.6 is 11.8 Å². The topological polar surface area (TPSA) is 95.2 Å². The summed E-state index contributed by atoms with van der Waals surface area (Å²) in [6.45, 7) is 1.48. The number of nitrogens with zero attached hydrogens (tertiary/aromatic N) is 3. The molecule has 0 aliphatic carbocycles. The van der Waals surface area contributed by atoms with Gasteiger partial charge >= 0.3 is 5.97 Å². The molecule has 4 heterocycles. The summed E-state index contributed by atoms with van der Waals surface area (Å²) in [6, 6.07) is 11.6. The Morgan fingerprint density at radius 2 is 2.19 bits per heavy atom. The number of thioether (sulfide) groups is 1. The van der Waals surface area contributed by atoms with Gasteiger partial charge in [-0.25, -0.2) is 4.79 Å². The first-order valence-corrected chi connectivity index (χ1v) is 11.1. The minimum Gasteiger partial charge on any atom is -0.463 e. The Morgan fingerprint density at radius 3 is 3.03 bits per heavy atom. The van der Waals surface area contributed by atoms with Crippen molar-refractivity contribution in [3.8, 4) is 11.4 Å². The molecule has 1 fully saturated rings. The molecule has 0 bridgehead atoms. The van der Waals surface area contributed by atoms with Crippen LogP contribution < -0.4 is 0 Å². The average Bonchev–Trinajstić information content (AvgIpc) is 3.58. The number of ether oxygens (including phenoxy) is 2. The van der Waals surface area contributed by atoms with Crippen molar-refractivity contribution in [3.05, 3.63) is 54.1 Å². The van der Waals surface area contributed by atoms with Gasteiger partial charge in [-0.1, -0.05) is 30.0 Å². The molecule has 0 saturated carbocycles. The van der Waals surface area contributed by atoms with E-state index >= 15 is 0 Å². The summed E-state index contributed by atoms with van der Waals surface area (Å²) in [5.41, 5.74) is 2.07. The van der Waals surface area contributed by atoms with Crippen LogP contribution in [0.1, 0.15) is 29.2 Å². The van der Waals surface area contributed by atoms with Gasteiger partial charge in [0, 0.05) is 29.3 Å². The number of aromatic amines is 1. The van der Waals surface area contributed by atoms with Gasteiger partial charge in [-0.05, 0) is 31.0 Å². The first kappa shape index (κ1) is 19.9. The van der Waals surface area contributed by atoms with E-state index in [-0.39, 0.29) is 11.9 Å². The van der Waals surface area contributed by atoms with Crippen molar-refractivity contribution >= 4 is 28.6 Å². The van der Waals surface area contributed by atoms with Crippen molar-refractivity contribution in [1.29, 1.82) is 0 Å². The molecular formula is C22H22N4O4S. The van der Waals surface area contributed by atoms with Crippen molar-refractivity contribution in [1.82, 2.24) is 19.7 Å². The van der Waals surface area contributed by atoms with Crippen LogP contribution in [0.5, 0.6) is 0 Å². The predicted molar refractivity (Wildman–Crippen MR) is 116 cm³/mol. The van der Waals surface area contributed by atoms with Gasteiger partial charge in [0.25, 0.3) is 0 Å². The second-order valence-electron chi connectivity index (χ2n) is 7.35. The third-order valence-electron chi connectivity index (χ3n) is 5.35. The fourth-order valence-electron chi connectivity index (χ4n) is 3.81. The van der Waals surface area contributed by atoms with Crippen LogP contribution in [0.2, 0.25) is 0 Å². The Bertz CT molecular complexity index is 1210. The molecule has 3 aromatic heterocycles. The van der Waals surface area contributed by atoms with Crippen LogP contribution in [0.3, 0.4) is 0 Å². The van der Waals surface area contributed by atoms with Crippen LogP contribution in [0.25, 0.3) is 22.3 Å². The smallest absolute Gasteiger partial charge is 0.373 e. The van der Waals surface area contributed by atoms with Crippen molar-refractivity contribution in [2.75, 3.05) is 13.7 Å². The quantitative estimate of drug-likeness (QED) is 0.340. The molecule has 1 aliphatic heterocycles. The first-order valence-electron chi connectivity index (χ1n) is 10.1. The Kier molecular flexibility index (Phi) is 5.52. The molecule has 4 aromatic rings. The van der Waals surface area contributed by atoms with Crippen molar-refractivity contribution < 1.29 is 18.7 Å². The maximum Gasteiger partial charge on any atom is 0.373 e. The maximum atomic E-state index is 11.6. The molecule has 0 radical (unpaired) electrons. The molecule has 160 valence electrons. The summed E-state index contributed by atoms with van der Waals surface area (Å²) in [7, 11) is 1.33. The summed E-state index contributed by atoms with van der Waals surface area (Å²) in [5, 5.41) is 10.9. The highest BCUT2D eigenvalue weighted by Crippen LogP contribution is 2.32. The summed E-state index contributed by atoms with van der Waals surface area (Å²) < 4.78 is 18.3. The van der Waals surface area contributed by atoms with E-state index in [1.54, 1.807) is 12.1 Å². The molecule has 5 rings (SSSR count). The molecule has 1 N–H and O–H groups in total. The number of hydrogen-bond acceptors (Lipinski definition) is 7. The van der Waals surface area contributed by atoms with Gasteiger partial charge < -0.3 is 18.9 Å². The van der Waals surface area contributed by atoms with Gasteiger partial charge in [0.2, 0.25) is 5.76 Å². The molecule has 9 heteroatoms. The van der Waals surface area contributed by atoms with E-state index in [1.807, 2.05) is 24.4 Å². The number of H-pyrrole nitrogens is 1. The lowest BCUT2D eigenvalue weighted by Gasteiger charge is -2.14. The minimum atomic E-state index is -0.487. The van der Waals surface area contributed by atoms with Gasteiger partial charge in [-0.2, -0.15) is 0 Å². The largest absolute Gasteiger partial charge is 0.463 e. The number of esters is 1. The second kappa shape index (κ2) is 8.60. The lowest BCUT2D eigenvalue weighted by molar-refractivity contribution is 0.0563. The van der Waals surface area contributed by atoms with E-state index in [4.69, 9.17) is 13.9 Å². The highest BCUT2D eigenvalue weighted by molar-refractivity contribution is 7.98. The number of aromatic nitrogens is 4. The summed E-state index contributed by atoms with van der Waals surface area (Å²) in [5.74, 6) is 1.71. The maximum absolute atomic E-state index is 11.6. The first-order chi connectivity index (χ1) is 15.2. The van der Waals surface area contributed by atoms with E-state index in [2.05, 4.69) is 25.8 Å². The predicted octanol–water partition coefficient (Wildman–Crippen LogP) is 4.28.